The van der Waals surface area contributed by atoms with Crippen LogP contribution in [0.5, 0.6) is 0 Å². The summed E-state index contributed by atoms with van der Waals surface area (Å²) >= 11 is 0. The minimum atomic E-state index is 0.253. The molecular weight excluding hydrogens is 218 g/mol. The van der Waals surface area contributed by atoms with E-state index in [1.165, 1.54) is 24.0 Å². The first-order chi connectivity index (χ1) is 8.45. The first-order valence-corrected chi connectivity index (χ1v) is 6.99. The summed E-state index contributed by atoms with van der Waals surface area (Å²) in [6.07, 6.45) is 4.88. The first kappa shape index (κ1) is 12.0. The molecule has 0 aromatic heterocycles. The van der Waals surface area contributed by atoms with Crippen LogP contribution < -0.4 is 0 Å². The molecule has 1 aliphatic heterocycles. The number of rotatable bonds is 0. The Bertz CT molecular complexity index is 517. The predicted molar refractivity (Wildman–Crippen MR) is 77.8 cm³/mol. The van der Waals surface area contributed by atoms with Crippen molar-refractivity contribution in [2.45, 2.75) is 45.6 Å². The van der Waals surface area contributed by atoms with E-state index in [2.05, 4.69) is 50.9 Å². The normalized spacial score (nSPS) is 19.4. The van der Waals surface area contributed by atoms with Crippen LogP contribution in [-0.2, 0) is 18.4 Å². The van der Waals surface area contributed by atoms with Gasteiger partial charge in [0.25, 0.3) is 0 Å². The summed E-state index contributed by atoms with van der Waals surface area (Å²) in [4.78, 5) is 2.43. The first-order valence-electron chi connectivity index (χ1n) is 6.99. The molecule has 2 aliphatic rings. The van der Waals surface area contributed by atoms with E-state index in [0.29, 0.717) is 0 Å². The zero-order valence-electron chi connectivity index (χ0n) is 12.0. The predicted octanol–water partition coefficient (Wildman–Crippen LogP) is 3.76. The maximum atomic E-state index is 2.46. The number of hydrogen-bond acceptors (Lipinski definition) is 1. The highest BCUT2D eigenvalue weighted by atomic mass is 15.1. The van der Waals surface area contributed by atoms with E-state index in [4.69, 9.17) is 0 Å². The summed E-state index contributed by atoms with van der Waals surface area (Å²) in [6, 6.07) is 4.89. The van der Waals surface area contributed by atoms with Gasteiger partial charge < -0.3 is 0 Å². The van der Waals surface area contributed by atoms with E-state index >= 15 is 0 Å². The van der Waals surface area contributed by atoms with Crippen LogP contribution >= 0.6 is 0 Å². The number of aryl methyl sites for hydroxylation is 1. The summed E-state index contributed by atoms with van der Waals surface area (Å²) in [5.74, 6) is 0. The number of nitrogens with zero attached hydrogens (tertiary/aromatic N) is 1. The van der Waals surface area contributed by atoms with E-state index in [9.17, 15) is 0 Å². The summed E-state index contributed by atoms with van der Waals surface area (Å²) < 4.78 is 0. The fraction of sp³-hybridized carbons (Fsp3) is 0.529. The Balaban J connectivity index is 2.19. The molecule has 0 bridgehead atoms. The lowest BCUT2D eigenvalue weighted by atomic mass is 9.78. The van der Waals surface area contributed by atoms with Crippen molar-refractivity contribution in [1.82, 2.24) is 4.90 Å². The monoisotopic (exact) mass is 241 g/mol. The Hall–Kier alpha value is -1.08. The van der Waals surface area contributed by atoms with Gasteiger partial charge in [0.15, 0.2) is 0 Å². The Morgan fingerprint density at radius 1 is 1.06 bits per heavy atom. The summed E-state index contributed by atoms with van der Waals surface area (Å²) in [6.45, 7) is 9.16. The second-order valence-corrected chi connectivity index (χ2v) is 6.86. The van der Waals surface area contributed by atoms with Gasteiger partial charge in [0.1, 0.15) is 0 Å². The van der Waals surface area contributed by atoms with Crippen molar-refractivity contribution in [1.29, 1.82) is 0 Å². The van der Waals surface area contributed by atoms with Crippen LogP contribution in [0.2, 0.25) is 0 Å². The van der Waals surface area contributed by atoms with Gasteiger partial charge in [-0.3, -0.25) is 4.90 Å². The fourth-order valence-electron chi connectivity index (χ4n) is 3.22. The Morgan fingerprint density at radius 3 is 2.50 bits per heavy atom. The van der Waals surface area contributed by atoms with Gasteiger partial charge in [-0.15, -0.1) is 0 Å². The highest BCUT2D eigenvalue weighted by molar-refractivity contribution is 5.75. The van der Waals surface area contributed by atoms with Gasteiger partial charge in [-0.1, -0.05) is 39.0 Å². The van der Waals surface area contributed by atoms with E-state index < -0.39 is 0 Å². The van der Waals surface area contributed by atoms with Crippen molar-refractivity contribution in [3.05, 3.63) is 40.5 Å². The van der Waals surface area contributed by atoms with Crippen molar-refractivity contribution in [2.75, 3.05) is 13.6 Å². The van der Waals surface area contributed by atoms with Gasteiger partial charge in [-0.25, -0.2) is 0 Å². The standard InChI is InChI=1S/C17H23N/c1-17(2,3)15-8-12-6-5-7-13-10-18(4)11-14(9-15)16(12)13/h7-9H,5-6,10-11H2,1-4H3. The molecule has 0 atom stereocenters. The second kappa shape index (κ2) is 3.96. The molecule has 1 nitrogen and oxygen atoms in total. The molecule has 1 aromatic rings. The van der Waals surface area contributed by atoms with Crippen molar-refractivity contribution >= 4 is 5.57 Å². The van der Waals surface area contributed by atoms with Crippen molar-refractivity contribution in [3.8, 4) is 0 Å². The quantitative estimate of drug-likeness (QED) is 0.668. The van der Waals surface area contributed by atoms with E-state index in [0.717, 1.165) is 13.1 Å². The lowest BCUT2D eigenvalue weighted by molar-refractivity contribution is 0.357. The average molecular weight is 241 g/mol. The highest BCUT2D eigenvalue weighted by Gasteiger charge is 2.25. The van der Waals surface area contributed by atoms with Gasteiger partial charge in [0, 0.05) is 13.1 Å². The Morgan fingerprint density at radius 2 is 1.78 bits per heavy atom. The van der Waals surface area contributed by atoms with Crippen LogP contribution in [0.1, 0.15) is 49.4 Å². The highest BCUT2D eigenvalue weighted by Crippen LogP contribution is 2.37. The van der Waals surface area contributed by atoms with Crippen LogP contribution in [0.3, 0.4) is 0 Å². The molecule has 0 saturated carbocycles. The van der Waals surface area contributed by atoms with Gasteiger partial charge in [0.05, 0.1) is 0 Å². The molecule has 0 amide bonds. The lowest BCUT2D eigenvalue weighted by Crippen LogP contribution is -2.28. The third-order valence-corrected chi connectivity index (χ3v) is 4.17. The molecule has 0 unspecified atom stereocenters. The number of hydrogen-bond donors (Lipinski definition) is 0. The lowest BCUT2D eigenvalue weighted by Gasteiger charge is -2.33. The molecule has 1 aliphatic carbocycles. The zero-order valence-corrected chi connectivity index (χ0v) is 12.0. The van der Waals surface area contributed by atoms with Gasteiger partial charge in [-0.05, 0) is 53.1 Å². The molecule has 0 saturated heterocycles. The molecule has 3 rings (SSSR count). The molecule has 0 N–H and O–H groups in total. The van der Waals surface area contributed by atoms with Gasteiger partial charge >= 0.3 is 0 Å². The molecule has 1 heteroatoms. The van der Waals surface area contributed by atoms with Crippen LogP contribution in [0.15, 0.2) is 18.2 Å². The van der Waals surface area contributed by atoms with Crippen molar-refractivity contribution < 1.29 is 0 Å². The van der Waals surface area contributed by atoms with Crippen LogP contribution in [0, 0.1) is 0 Å². The topological polar surface area (TPSA) is 3.24 Å². The van der Waals surface area contributed by atoms with Gasteiger partial charge in [0.2, 0.25) is 0 Å². The number of likely N-dealkylation sites (N-methyl/N-ethyl adjacent to an activating group) is 1. The van der Waals surface area contributed by atoms with E-state index in [-0.39, 0.29) is 5.41 Å². The summed E-state index contributed by atoms with van der Waals surface area (Å²) in [7, 11) is 2.22. The molecular formula is C17H23N. The molecule has 1 heterocycles. The van der Waals surface area contributed by atoms with E-state index in [1.807, 2.05) is 0 Å². The molecule has 18 heavy (non-hydrogen) atoms. The molecule has 0 fully saturated rings. The Labute approximate surface area is 111 Å². The van der Waals surface area contributed by atoms with Crippen LogP contribution in [0.4, 0.5) is 0 Å². The smallest absolute Gasteiger partial charge is 0.0240 e. The van der Waals surface area contributed by atoms with Crippen LogP contribution in [0.25, 0.3) is 5.57 Å². The maximum absolute atomic E-state index is 2.46. The largest absolute Gasteiger partial charge is 0.298 e. The summed E-state index contributed by atoms with van der Waals surface area (Å²) in [5.41, 5.74) is 8.00. The minimum absolute atomic E-state index is 0.253. The molecule has 96 valence electrons. The van der Waals surface area contributed by atoms with Crippen LogP contribution in [-0.4, -0.2) is 18.5 Å². The van der Waals surface area contributed by atoms with Crippen molar-refractivity contribution in [3.63, 3.8) is 0 Å². The Kier molecular flexibility index (Phi) is 2.63. The average Bonchev–Trinajstić information content (AvgIpc) is 2.27. The fourth-order valence-corrected chi connectivity index (χ4v) is 3.22. The van der Waals surface area contributed by atoms with E-state index in [1.54, 1.807) is 16.7 Å². The molecule has 0 radical (unpaired) electrons. The van der Waals surface area contributed by atoms with Crippen molar-refractivity contribution in [2.24, 2.45) is 0 Å². The SMILES string of the molecule is CN1CC2=CCCc3cc(C(C)(C)C)cc(c32)C1. The second-order valence-electron chi connectivity index (χ2n) is 6.86. The molecule has 1 aromatic carbocycles. The maximum Gasteiger partial charge on any atom is 0.0240 e. The number of allylic oxidation sites excluding steroid dienone is 1. The third-order valence-electron chi connectivity index (χ3n) is 4.17. The zero-order chi connectivity index (χ0) is 12.9. The summed E-state index contributed by atoms with van der Waals surface area (Å²) in [5, 5.41) is 0. The minimum Gasteiger partial charge on any atom is -0.298 e. The van der Waals surface area contributed by atoms with Gasteiger partial charge in [-0.2, -0.15) is 0 Å². The molecule has 0 spiro atoms. The third kappa shape index (κ3) is 1.91. The number of benzene rings is 1.